The largest absolute Gasteiger partial charge is 0.333 e. The first-order chi connectivity index (χ1) is 9.63. The maximum Gasteiger partial charge on any atom is 0.272 e. The molecule has 1 aliphatic rings. The second kappa shape index (κ2) is 6.78. The van der Waals surface area contributed by atoms with Crippen LogP contribution in [0.3, 0.4) is 0 Å². The minimum absolute atomic E-state index is 0.00276. The second-order valence-corrected chi connectivity index (χ2v) is 6.24. The second-order valence-electron chi connectivity index (χ2n) is 4.75. The molecule has 0 saturated carbocycles. The van der Waals surface area contributed by atoms with E-state index in [9.17, 15) is 4.79 Å². The number of nitrogens with two attached hydrogens (primary N) is 1. The van der Waals surface area contributed by atoms with E-state index in [1.807, 2.05) is 22.7 Å². The molecular weight excluding hydrogens is 270 g/mol. The van der Waals surface area contributed by atoms with Gasteiger partial charge in [-0.25, -0.2) is 4.98 Å². The number of amides is 1. The predicted octanol–water partition coefficient (Wildman–Crippen LogP) is 1.36. The lowest BCUT2D eigenvalue weighted by molar-refractivity contribution is 0.0692. The van der Waals surface area contributed by atoms with Crippen LogP contribution in [-0.4, -0.2) is 45.9 Å². The van der Waals surface area contributed by atoms with Crippen LogP contribution < -0.4 is 5.73 Å². The van der Waals surface area contributed by atoms with Gasteiger partial charge in [0.2, 0.25) is 0 Å². The fourth-order valence-electron chi connectivity index (χ4n) is 2.11. The number of rotatable bonds is 1. The van der Waals surface area contributed by atoms with Gasteiger partial charge in [-0.2, -0.15) is 11.8 Å². The molecule has 0 spiro atoms. The lowest BCUT2D eigenvalue weighted by atomic mass is 10.1. The molecule has 1 amide bonds. The molecule has 1 aliphatic heterocycles. The van der Waals surface area contributed by atoms with Crippen molar-refractivity contribution in [3.05, 3.63) is 29.6 Å². The van der Waals surface area contributed by atoms with Crippen LogP contribution in [0.15, 0.2) is 18.3 Å². The van der Waals surface area contributed by atoms with Gasteiger partial charge in [-0.15, -0.1) is 0 Å². The van der Waals surface area contributed by atoms with E-state index < -0.39 is 0 Å². The normalized spacial score (nSPS) is 22.1. The highest BCUT2D eigenvalue weighted by molar-refractivity contribution is 8.00. The molecule has 2 unspecified atom stereocenters. The molecule has 2 atom stereocenters. The molecule has 106 valence electrons. The van der Waals surface area contributed by atoms with Gasteiger partial charge in [0, 0.05) is 35.3 Å². The monoisotopic (exact) mass is 289 g/mol. The van der Waals surface area contributed by atoms with Gasteiger partial charge in [0.15, 0.2) is 0 Å². The van der Waals surface area contributed by atoms with E-state index in [0.29, 0.717) is 17.5 Å². The van der Waals surface area contributed by atoms with Gasteiger partial charge in [0.1, 0.15) is 5.69 Å². The SMILES string of the molecule is CC1SCCN(C(=O)c2ccc(C#CCN)cn2)C1C. The van der Waals surface area contributed by atoms with Gasteiger partial charge in [0.25, 0.3) is 5.91 Å². The molecule has 1 saturated heterocycles. The van der Waals surface area contributed by atoms with Crippen molar-refractivity contribution in [1.82, 2.24) is 9.88 Å². The molecule has 1 fully saturated rings. The number of carbonyl (C=O) groups excluding carboxylic acids is 1. The van der Waals surface area contributed by atoms with E-state index in [0.717, 1.165) is 17.9 Å². The van der Waals surface area contributed by atoms with Crippen LogP contribution in [0.25, 0.3) is 0 Å². The van der Waals surface area contributed by atoms with Gasteiger partial charge >= 0.3 is 0 Å². The number of hydrogen-bond acceptors (Lipinski definition) is 4. The minimum atomic E-state index is 0.00276. The standard InChI is InChI=1S/C15H19N3OS/c1-11-12(2)20-9-8-18(11)15(19)14-6-5-13(10-17-14)4-3-7-16/h5-6,10-12H,7-9,16H2,1-2H3. The smallest absolute Gasteiger partial charge is 0.272 e. The van der Waals surface area contributed by atoms with Gasteiger partial charge < -0.3 is 10.6 Å². The summed E-state index contributed by atoms with van der Waals surface area (Å²) < 4.78 is 0. The fourth-order valence-corrected chi connectivity index (χ4v) is 3.21. The van der Waals surface area contributed by atoms with E-state index in [-0.39, 0.29) is 11.9 Å². The van der Waals surface area contributed by atoms with Crippen molar-refractivity contribution in [2.24, 2.45) is 5.73 Å². The third kappa shape index (κ3) is 3.33. The molecule has 0 bridgehead atoms. The molecule has 5 heteroatoms. The first kappa shape index (κ1) is 14.9. The van der Waals surface area contributed by atoms with Crippen LogP contribution in [-0.2, 0) is 0 Å². The summed E-state index contributed by atoms with van der Waals surface area (Å²) >= 11 is 1.91. The highest BCUT2D eigenvalue weighted by Gasteiger charge is 2.29. The van der Waals surface area contributed by atoms with Crippen LogP contribution in [0, 0.1) is 11.8 Å². The number of thioether (sulfide) groups is 1. The van der Waals surface area contributed by atoms with E-state index in [4.69, 9.17) is 5.73 Å². The summed E-state index contributed by atoms with van der Waals surface area (Å²) in [4.78, 5) is 18.6. The van der Waals surface area contributed by atoms with E-state index in [1.165, 1.54) is 0 Å². The van der Waals surface area contributed by atoms with Crippen molar-refractivity contribution in [2.75, 3.05) is 18.8 Å². The summed E-state index contributed by atoms with van der Waals surface area (Å²) in [5, 5.41) is 0.461. The lowest BCUT2D eigenvalue weighted by Crippen LogP contribution is -2.48. The van der Waals surface area contributed by atoms with Crippen molar-refractivity contribution in [3.8, 4) is 11.8 Å². The predicted molar refractivity (Wildman–Crippen MR) is 82.6 cm³/mol. The first-order valence-corrected chi connectivity index (χ1v) is 7.76. The highest BCUT2D eigenvalue weighted by atomic mass is 32.2. The molecule has 1 aromatic heterocycles. The maximum absolute atomic E-state index is 12.5. The van der Waals surface area contributed by atoms with Crippen LogP contribution >= 0.6 is 11.8 Å². The lowest BCUT2D eigenvalue weighted by Gasteiger charge is -2.37. The van der Waals surface area contributed by atoms with Gasteiger partial charge in [0.05, 0.1) is 6.54 Å². The topological polar surface area (TPSA) is 59.2 Å². The Kier molecular flexibility index (Phi) is 5.05. The molecule has 4 nitrogen and oxygen atoms in total. The first-order valence-electron chi connectivity index (χ1n) is 6.71. The zero-order chi connectivity index (χ0) is 14.5. The van der Waals surface area contributed by atoms with Gasteiger partial charge in [-0.1, -0.05) is 18.8 Å². The minimum Gasteiger partial charge on any atom is -0.333 e. The summed E-state index contributed by atoms with van der Waals surface area (Å²) in [7, 11) is 0. The Balaban J connectivity index is 2.12. The Morgan fingerprint density at radius 1 is 1.55 bits per heavy atom. The Hall–Kier alpha value is -1.51. The van der Waals surface area contributed by atoms with Crippen molar-refractivity contribution in [2.45, 2.75) is 25.1 Å². The van der Waals surface area contributed by atoms with Crippen LogP contribution in [0.5, 0.6) is 0 Å². The maximum atomic E-state index is 12.5. The van der Waals surface area contributed by atoms with E-state index >= 15 is 0 Å². The number of nitrogens with zero attached hydrogens (tertiary/aromatic N) is 2. The molecule has 2 N–H and O–H groups in total. The van der Waals surface area contributed by atoms with Crippen molar-refractivity contribution in [3.63, 3.8) is 0 Å². The third-order valence-electron chi connectivity index (χ3n) is 3.46. The fraction of sp³-hybridized carbons (Fsp3) is 0.467. The van der Waals surface area contributed by atoms with Gasteiger partial charge in [-0.05, 0) is 19.1 Å². The van der Waals surface area contributed by atoms with Gasteiger partial charge in [-0.3, -0.25) is 4.79 Å². The molecule has 20 heavy (non-hydrogen) atoms. The molecule has 0 aliphatic carbocycles. The Labute approximate surface area is 124 Å². The Morgan fingerprint density at radius 2 is 2.35 bits per heavy atom. The summed E-state index contributed by atoms with van der Waals surface area (Å²) in [6, 6.07) is 3.79. The Morgan fingerprint density at radius 3 is 3.00 bits per heavy atom. The average Bonchev–Trinajstić information content (AvgIpc) is 2.48. The molecule has 2 heterocycles. The number of pyridine rings is 1. The van der Waals surface area contributed by atoms with Crippen molar-refractivity contribution in [1.29, 1.82) is 0 Å². The summed E-state index contributed by atoms with van der Waals surface area (Å²) in [5.74, 6) is 6.66. The van der Waals surface area contributed by atoms with E-state index in [1.54, 1.807) is 12.3 Å². The molecule has 1 aromatic rings. The highest BCUT2D eigenvalue weighted by Crippen LogP contribution is 2.25. The van der Waals surface area contributed by atoms with Crippen LogP contribution in [0.1, 0.15) is 29.9 Å². The number of carbonyl (C=O) groups is 1. The third-order valence-corrected chi connectivity index (χ3v) is 4.80. The summed E-state index contributed by atoms with van der Waals surface area (Å²) in [6.45, 7) is 5.36. The number of aromatic nitrogens is 1. The molecular formula is C15H19N3OS. The van der Waals surface area contributed by atoms with Crippen molar-refractivity contribution >= 4 is 17.7 Å². The molecule has 2 rings (SSSR count). The molecule has 0 aromatic carbocycles. The number of hydrogen-bond donors (Lipinski definition) is 1. The zero-order valence-electron chi connectivity index (χ0n) is 11.8. The zero-order valence-corrected chi connectivity index (χ0v) is 12.6. The van der Waals surface area contributed by atoms with Crippen molar-refractivity contribution < 1.29 is 4.79 Å². The van der Waals surface area contributed by atoms with E-state index in [2.05, 4.69) is 30.7 Å². The van der Waals surface area contributed by atoms with Crippen LogP contribution in [0.4, 0.5) is 0 Å². The average molecular weight is 289 g/mol. The summed E-state index contributed by atoms with van der Waals surface area (Å²) in [6.07, 6.45) is 1.63. The summed E-state index contributed by atoms with van der Waals surface area (Å²) in [5.41, 5.74) is 6.58. The quantitative estimate of drug-likeness (QED) is 0.793. The molecule has 0 radical (unpaired) electrons. The van der Waals surface area contributed by atoms with Crippen LogP contribution in [0.2, 0.25) is 0 Å². The Bertz CT molecular complexity index is 532.